The predicted molar refractivity (Wildman–Crippen MR) is 370 cm³/mol. The Bertz CT molecular complexity index is 1360. The van der Waals surface area contributed by atoms with Crippen molar-refractivity contribution in [2.24, 2.45) is 0 Å². The molecule has 0 aromatic heterocycles. The Kier molecular flexibility index (Phi) is 71.9. The van der Waals surface area contributed by atoms with Crippen LogP contribution in [-0.2, 0) is 14.3 Å². The number of ether oxygens (including phenoxy) is 1. The van der Waals surface area contributed by atoms with Gasteiger partial charge in [0, 0.05) is 12.8 Å². The summed E-state index contributed by atoms with van der Waals surface area (Å²) in [6.07, 6.45) is 95.4. The Morgan fingerprint density at radius 3 is 0.857 bits per heavy atom. The van der Waals surface area contributed by atoms with E-state index in [0.717, 1.165) is 44.9 Å². The second-order valence-corrected chi connectivity index (χ2v) is 26.3. The molecule has 0 aliphatic heterocycles. The van der Waals surface area contributed by atoms with Crippen LogP contribution in [0.4, 0.5) is 0 Å². The van der Waals surface area contributed by atoms with Crippen LogP contribution >= 0.6 is 0 Å². The first-order valence-electron chi connectivity index (χ1n) is 38.3. The van der Waals surface area contributed by atoms with E-state index in [1.54, 1.807) is 6.08 Å². The first-order valence-corrected chi connectivity index (χ1v) is 38.3. The van der Waals surface area contributed by atoms with Crippen molar-refractivity contribution >= 4 is 11.9 Å². The molecule has 0 aliphatic rings. The molecule has 0 spiro atoms. The summed E-state index contributed by atoms with van der Waals surface area (Å²) in [5.74, 6) is -0.0538. The normalized spacial score (nSPS) is 12.7. The van der Waals surface area contributed by atoms with Gasteiger partial charge >= 0.3 is 5.97 Å². The molecule has 1 amide bonds. The first-order chi connectivity index (χ1) is 41.5. The second-order valence-electron chi connectivity index (χ2n) is 26.3. The molecule has 0 radical (unpaired) electrons. The number of aliphatic hydroxyl groups is 2. The quantitative estimate of drug-likeness (QED) is 0.0320. The lowest BCUT2D eigenvalue weighted by molar-refractivity contribution is -0.143. The summed E-state index contributed by atoms with van der Waals surface area (Å²) >= 11 is 0. The zero-order valence-corrected chi connectivity index (χ0v) is 56.9. The average molecular weight is 1180 g/mol. The Balaban J connectivity index is 3.40. The number of amides is 1. The minimum Gasteiger partial charge on any atom is -0.466 e. The molecule has 0 aliphatic carbocycles. The van der Waals surface area contributed by atoms with Gasteiger partial charge in [0.1, 0.15) is 0 Å². The van der Waals surface area contributed by atoms with Crippen LogP contribution in [0.2, 0.25) is 0 Å². The van der Waals surface area contributed by atoms with E-state index in [2.05, 4.69) is 43.5 Å². The van der Waals surface area contributed by atoms with Crippen molar-refractivity contribution < 1.29 is 24.5 Å². The molecule has 0 heterocycles. The van der Waals surface area contributed by atoms with Crippen LogP contribution in [0.5, 0.6) is 0 Å². The van der Waals surface area contributed by atoms with Crippen LogP contribution in [-0.4, -0.2) is 47.4 Å². The number of carbonyl (C=O) groups is 2. The third kappa shape index (κ3) is 69.2. The number of allylic oxidation sites excluding steroid dienone is 5. The zero-order chi connectivity index (χ0) is 60.6. The highest BCUT2D eigenvalue weighted by Crippen LogP contribution is 2.19. The summed E-state index contributed by atoms with van der Waals surface area (Å²) in [5, 5.41) is 23.3. The van der Waals surface area contributed by atoms with E-state index < -0.39 is 12.1 Å². The van der Waals surface area contributed by atoms with Crippen molar-refractivity contribution in [2.75, 3.05) is 13.2 Å². The molecule has 2 atom stereocenters. The fourth-order valence-corrected chi connectivity index (χ4v) is 12.0. The Hall–Kier alpha value is -1.92. The SMILES string of the molecule is CCCCCC/C=C\CCCCCCCC(=O)OCCCCCCCCCCCCCC/C=C\CCCCCCCCCCCCCCCCC(=O)NC(CO)C(O)/C=C/CCCCCCCCCCCCCCCCCCCCCCCC. The van der Waals surface area contributed by atoms with E-state index in [1.807, 2.05) is 6.08 Å². The van der Waals surface area contributed by atoms with Gasteiger partial charge in [0.2, 0.25) is 5.91 Å². The highest BCUT2D eigenvalue weighted by atomic mass is 16.5. The highest BCUT2D eigenvalue weighted by molar-refractivity contribution is 5.76. The van der Waals surface area contributed by atoms with Gasteiger partial charge in [-0.1, -0.05) is 365 Å². The van der Waals surface area contributed by atoms with Crippen LogP contribution in [0, 0.1) is 0 Å². The molecule has 0 bridgehead atoms. The molecule has 0 saturated carbocycles. The average Bonchev–Trinajstić information content (AvgIpc) is 3.51. The summed E-state index contributed by atoms with van der Waals surface area (Å²) in [5.41, 5.74) is 0. The number of aliphatic hydroxyl groups excluding tert-OH is 2. The van der Waals surface area contributed by atoms with E-state index in [4.69, 9.17) is 4.74 Å². The molecule has 496 valence electrons. The van der Waals surface area contributed by atoms with Crippen LogP contribution < -0.4 is 5.32 Å². The van der Waals surface area contributed by atoms with Gasteiger partial charge in [0.05, 0.1) is 25.4 Å². The van der Waals surface area contributed by atoms with Crippen molar-refractivity contribution in [3.05, 3.63) is 36.5 Å². The van der Waals surface area contributed by atoms with E-state index in [9.17, 15) is 19.8 Å². The number of hydrogen-bond donors (Lipinski definition) is 3. The molecular formula is C78H149NO5. The van der Waals surface area contributed by atoms with Crippen molar-refractivity contribution in [3.8, 4) is 0 Å². The molecule has 6 nitrogen and oxygen atoms in total. The van der Waals surface area contributed by atoms with Gasteiger partial charge in [-0.15, -0.1) is 0 Å². The maximum absolute atomic E-state index is 12.5. The maximum Gasteiger partial charge on any atom is 0.305 e. The summed E-state index contributed by atoms with van der Waals surface area (Å²) in [4.78, 5) is 24.6. The summed E-state index contributed by atoms with van der Waals surface area (Å²) in [7, 11) is 0. The van der Waals surface area contributed by atoms with Gasteiger partial charge in [-0.25, -0.2) is 0 Å². The van der Waals surface area contributed by atoms with E-state index in [0.29, 0.717) is 19.4 Å². The standard InChI is InChI=1S/C78H149NO5/c1-3-5-7-9-11-13-15-17-18-19-20-21-22-31-34-37-40-43-47-50-54-58-62-66-70-76(81)75(74-80)79-77(82)71-67-63-59-55-51-48-44-41-38-35-32-29-27-25-23-24-26-28-30-33-36-39-42-45-49-53-57-61-65-69-73-84-78(83)72-68-64-60-56-52-46-16-14-12-10-8-6-4-2/h14,16,24,26,66,70,75-76,80-81H,3-13,15,17-23,25,27-65,67-69,71-74H2,1-2H3,(H,79,82)/b16-14-,26-24-,70-66+. The van der Waals surface area contributed by atoms with E-state index >= 15 is 0 Å². The van der Waals surface area contributed by atoms with Gasteiger partial charge in [0.25, 0.3) is 0 Å². The highest BCUT2D eigenvalue weighted by Gasteiger charge is 2.18. The molecular weight excluding hydrogens is 1030 g/mol. The van der Waals surface area contributed by atoms with Gasteiger partial charge in [-0.3, -0.25) is 9.59 Å². The van der Waals surface area contributed by atoms with Crippen molar-refractivity contribution in [1.29, 1.82) is 0 Å². The number of hydrogen-bond acceptors (Lipinski definition) is 5. The molecule has 3 N–H and O–H groups in total. The molecule has 0 rings (SSSR count). The third-order valence-corrected chi connectivity index (χ3v) is 17.9. The molecule has 0 fully saturated rings. The lowest BCUT2D eigenvalue weighted by Crippen LogP contribution is -2.45. The monoisotopic (exact) mass is 1180 g/mol. The molecule has 2 unspecified atom stereocenters. The summed E-state index contributed by atoms with van der Waals surface area (Å²) in [6, 6.07) is -0.628. The van der Waals surface area contributed by atoms with E-state index in [1.165, 1.54) is 353 Å². The molecule has 0 saturated heterocycles. The summed E-state index contributed by atoms with van der Waals surface area (Å²) < 4.78 is 5.48. The number of esters is 1. The number of rotatable bonds is 72. The first kappa shape index (κ1) is 82.1. The third-order valence-electron chi connectivity index (χ3n) is 17.9. The molecule has 6 heteroatoms. The lowest BCUT2D eigenvalue weighted by Gasteiger charge is -2.20. The van der Waals surface area contributed by atoms with Gasteiger partial charge < -0.3 is 20.3 Å². The number of nitrogens with one attached hydrogen (secondary N) is 1. The number of unbranched alkanes of at least 4 members (excludes halogenated alkanes) is 57. The largest absolute Gasteiger partial charge is 0.466 e. The predicted octanol–water partition coefficient (Wildman–Crippen LogP) is 25.0. The summed E-state index contributed by atoms with van der Waals surface area (Å²) in [6.45, 7) is 4.93. The van der Waals surface area contributed by atoms with Crippen LogP contribution in [0.15, 0.2) is 36.5 Å². The minimum absolute atomic E-state index is 0.00810. The molecule has 84 heavy (non-hydrogen) atoms. The minimum atomic E-state index is -0.845. The van der Waals surface area contributed by atoms with Crippen LogP contribution in [0.25, 0.3) is 0 Å². The van der Waals surface area contributed by atoms with Crippen molar-refractivity contribution in [2.45, 2.75) is 437 Å². The Morgan fingerprint density at radius 1 is 0.321 bits per heavy atom. The Labute approximate surface area is 525 Å². The van der Waals surface area contributed by atoms with Gasteiger partial charge in [-0.2, -0.15) is 0 Å². The zero-order valence-electron chi connectivity index (χ0n) is 56.9. The van der Waals surface area contributed by atoms with Crippen molar-refractivity contribution in [3.63, 3.8) is 0 Å². The maximum atomic E-state index is 12.5. The van der Waals surface area contributed by atoms with Crippen LogP contribution in [0.1, 0.15) is 425 Å². The second kappa shape index (κ2) is 73.5. The fraction of sp³-hybridized carbons (Fsp3) is 0.897. The topological polar surface area (TPSA) is 95.9 Å². The molecule has 0 aromatic rings. The lowest BCUT2D eigenvalue weighted by atomic mass is 10.0. The Morgan fingerprint density at radius 2 is 0.560 bits per heavy atom. The van der Waals surface area contributed by atoms with Crippen LogP contribution in [0.3, 0.4) is 0 Å². The fourth-order valence-electron chi connectivity index (χ4n) is 12.0. The van der Waals surface area contributed by atoms with Gasteiger partial charge in [0.15, 0.2) is 0 Å². The van der Waals surface area contributed by atoms with Crippen molar-refractivity contribution in [1.82, 2.24) is 5.32 Å². The van der Waals surface area contributed by atoms with E-state index in [-0.39, 0.29) is 18.5 Å². The smallest absolute Gasteiger partial charge is 0.305 e. The number of carbonyl (C=O) groups excluding carboxylic acids is 2. The van der Waals surface area contributed by atoms with Gasteiger partial charge in [-0.05, 0) is 83.5 Å². The molecule has 0 aromatic carbocycles.